The van der Waals surface area contributed by atoms with E-state index < -0.39 is 0 Å². The van der Waals surface area contributed by atoms with Crippen LogP contribution in [0.5, 0.6) is 0 Å². The van der Waals surface area contributed by atoms with Crippen LogP contribution in [0.25, 0.3) is 0 Å². The summed E-state index contributed by atoms with van der Waals surface area (Å²) in [5.41, 5.74) is 2.83. The number of nitrogens with zero attached hydrogens (tertiary/aromatic N) is 2. The highest BCUT2D eigenvalue weighted by atomic mass is 16.5. The Morgan fingerprint density at radius 3 is 2.31 bits per heavy atom. The lowest BCUT2D eigenvalue weighted by Gasteiger charge is -2.27. The van der Waals surface area contributed by atoms with Crippen LogP contribution >= 0.6 is 0 Å². The van der Waals surface area contributed by atoms with Gasteiger partial charge in [0, 0.05) is 19.3 Å². The first-order valence-corrected chi connectivity index (χ1v) is 9.98. The number of ether oxygens (including phenoxy) is 1. The molecule has 148 valence electrons. The molecule has 1 amide bonds. The summed E-state index contributed by atoms with van der Waals surface area (Å²) in [7, 11) is 0. The Kier molecular flexibility index (Phi) is 6.17. The molecule has 0 spiro atoms. The molecule has 3 aromatic rings. The van der Waals surface area contributed by atoms with Crippen molar-refractivity contribution < 1.29 is 9.53 Å². The summed E-state index contributed by atoms with van der Waals surface area (Å²) in [5.74, 6) is 0.768. The molecule has 0 saturated carbocycles. The van der Waals surface area contributed by atoms with Crippen LogP contribution < -0.4 is 10.2 Å². The predicted octanol–water partition coefficient (Wildman–Crippen LogP) is 3.63. The molecule has 1 aromatic heterocycles. The summed E-state index contributed by atoms with van der Waals surface area (Å²) in [5, 5.41) is 3.18. The maximum absolute atomic E-state index is 12.9. The summed E-state index contributed by atoms with van der Waals surface area (Å²) in [6, 6.07) is 23.9. The van der Waals surface area contributed by atoms with Crippen LogP contribution in [0.4, 0.5) is 5.82 Å². The molecule has 29 heavy (non-hydrogen) atoms. The van der Waals surface area contributed by atoms with Crippen molar-refractivity contribution in [2.45, 2.75) is 12.5 Å². The molecule has 1 atom stereocenters. The summed E-state index contributed by atoms with van der Waals surface area (Å²) < 4.78 is 5.38. The number of morpholine rings is 1. The number of anilines is 1. The summed E-state index contributed by atoms with van der Waals surface area (Å²) in [6.45, 7) is 3.07. The minimum Gasteiger partial charge on any atom is -0.378 e. The van der Waals surface area contributed by atoms with Gasteiger partial charge >= 0.3 is 0 Å². The van der Waals surface area contributed by atoms with Gasteiger partial charge in [0.15, 0.2) is 0 Å². The zero-order valence-corrected chi connectivity index (χ0v) is 16.3. The summed E-state index contributed by atoms with van der Waals surface area (Å²) >= 11 is 0. The first-order valence-electron chi connectivity index (χ1n) is 9.98. The molecule has 5 heteroatoms. The fourth-order valence-corrected chi connectivity index (χ4v) is 3.53. The molecular weight excluding hydrogens is 362 g/mol. The number of nitrogens with one attached hydrogen (secondary N) is 1. The van der Waals surface area contributed by atoms with Crippen molar-refractivity contribution in [1.82, 2.24) is 10.3 Å². The fourth-order valence-electron chi connectivity index (χ4n) is 3.53. The van der Waals surface area contributed by atoms with E-state index in [-0.39, 0.29) is 11.9 Å². The Balaban J connectivity index is 1.48. The van der Waals surface area contributed by atoms with Crippen LogP contribution in [0.2, 0.25) is 0 Å². The van der Waals surface area contributed by atoms with Crippen molar-refractivity contribution >= 4 is 11.7 Å². The molecule has 5 nitrogen and oxygen atoms in total. The van der Waals surface area contributed by atoms with Gasteiger partial charge in [0.25, 0.3) is 5.91 Å². The summed E-state index contributed by atoms with van der Waals surface area (Å²) in [6.07, 6.45) is 2.39. The molecular formula is C24H25N3O2. The lowest BCUT2D eigenvalue weighted by molar-refractivity contribution is 0.0936. The minimum absolute atomic E-state index is 0.106. The number of rotatable bonds is 6. The number of carbonyl (C=O) groups excluding carboxylic acids is 1. The highest BCUT2D eigenvalue weighted by Crippen LogP contribution is 2.20. The van der Waals surface area contributed by atoms with Crippen LogP contribution in [-0.2, 0) is 11.2 Å². The van der Waals surface area contributed by atoms with Crippen molar-refractivity contribution in [3.8, 4) is 0 Å². The Hall–Kier alpha value is -3.18. The third-order valence-corrected chi connectivity index (χ3v) is 5.14. The van der Waals surface area contributed by atoms with Gasteiger partial charge < -0.3 is 15.0 Å². The molecule has 0 radical (unpaired) electrons. The number of hydrogen-bond acceptors (Lipinski definition) is 4. The molecule has 1 fully saturated rings. The van der Waals surface area contributed by atoms with Gasteiger partial charge in [-0.25, -0.2) is 4.98 Å². The third kappa shape index (κ3) is 5.00. The molecule has 1 N–H and O–H groups in total. The van der Waals surface area contributed by atoms with Gasteiger partial charge in [0.1, 0.15) is 5.82 Å². The van der Waals surface area contributed by atoms with E-state index in [0.29, 0.717) is 18.8 Å². The van der Waals surface area contributed by atoms with E-state index in [2.05, 4.69) is 27.3 Å². The first kappa shape index (κ1) is 19.2. The smallest absolute Gasteiger partial charge is 0.253 e. The molecule has 4 rings (SSSR count). The number of hydrogen-bond donors (Lipinski definition) is 1. The monoisotopic (exact) mass is 387 g/mol. The van der Waals surface area contributed by atoms with Crippen LogP contribution in [-0.4, -0.2) is 37.2 Å². The van der Waals surface area contributed by atoms with Crippen molar-refractivity contribution in [3.63, 3.8) is 0 Å². The molecule has 1 aliphatic rings. The second kappa shape index (κ2) is 9.34. The predicted molar refractivity (Wildman–Crippen MR) is 114 cm³/mol. The SMILES string of the molecule is O=C(NC(Cc1ccccc1)c1ccccc1)c1ccc(N2CCOCC2)nc1. The van der Waals surface area contributed by atoms with Gasteiger partial charge in [-0.2, -0.15) is 0 Å². The Morgan fingerprint density at radius 2 is 1.66 bits per heavy atom. The van der Waals surface area contributed by atoms with Crippen LogP contribution in [0, 0.1) is 0 Å². The zero-order valence-electron chi connectivity index (χ0n) is 16.3. The molecule has 2 aromatic carbocycles. The van der Waals surface area contributed by atoms with Crippen molar-refractivity contribution in [2.24, 2.45) is 0 Å². The van der Waals surface area contributed by atoms with E-state index in [0.717, 1.165) is 30.9 Å². The Morgan fingerprint density at radius 1 is 0.966 bits per heavy atom. The van der Waals surface area contributed by atoms with Gasteiger partial charge in [-0.1, -0.05) is 60.7 Å². The average molecular weight is 387 g/mol. The van der Waals surface area contributed by atoms with Gasteiger partial charge in [0.05, 0.1) is 24.8 Å². The van der Waals surface area contributed by atoms with E-state index in [9.17, 15) is 4.79 Å². The molecule has 2 heterocycles. The highest BCUT2D eigenvalue weighted by Gasteiger charge is 2.18. The quantitative estimate of drug-likeness (QED) is 0.702. The van der Waals surface area contributed by atoms with Gasteiger partial charge in [0.2, 0.25) is 0 Å². The normalized spacial score (nSPS) is 15.0. The fraction of sp³-hybridized carbons (Fsp3) is 0.250. The van der Waals surface area contributed by atoms with E-state index in [1.54, 1.807) is 6.20 Å². The van der Waals surface area contributed by atoms with Gasteiger partial charge in [-0.3, -0.25) is 4.79 Å². The maximum Gasteiger partial charge on any atom is 0.253 e. The van der Waals surface area contributed by atoms with Crippen LogP contribution in [0.1, 0.15) is 27.5 Å². The van der Waals surface area contributed by atoms with Gasteiger partial charge in [-0.05, 0) is 29.7 Å². The number of aromatic nitrogens is 1. The van der Waals surface area contributed by atoms with Gasteiger partial charge in [-0.15, -0.1) is 0 Å². The number of amides is 1. The van der Waals surface area contributed by atoms with E-state index in [1.807, 2.05) is 60.7 Å². The number of carbonyl (C=O) groups is 1. The first-order chi connectivity index (χ1) is 14.3. The Bertz CT molecular complexity index is 908. The van der Waals surface area contributed by atoms with E-state index >= 15 is 0 Å². The second-order valence-corrected chi connectivity index (χ2v) is 7.13. The zero-order chi connectivity index (χ0) is 19.9. The van der Waals surface area contributed by atoms with E-state index in [4.69, 9.17) is 4.74 Å². The average Bonchev–Trinajstić information content (AvgIpc) is 2.80. The lowest BCUT2D eigenvalue weighted by atomic mass is 9.98. The second-order valence-electron chi connectivity index (χ2n) is 7.13. The standard InChI is InChI=1S/C24H25N3O2/c28-24(21-11-12-23(25-18-21)27-13-15-29-16-14-27)26-22(20-9-5-2-6-10-20)17-19-7-3-1-4-8-19/h1-12,18,22H,13-17H2,(H,26,28). The third-order valence-electron chi connectivity index (χ3n) is 5.14. The number of benzene rings is 2. The minimum atomic E-state index is -0.115. The highest BCUT2D eigenvalue weighted by molar-refractivity contribution is 5.94. The van der Waals surface area contributed by atoms with Crippen molar-refractivity contribution in [3.05, 3.63) is 95.7 Å². The molecule has 0 bridgehead atoms. The summed E-state index contributed by atoms with van der Waals surface area (Å²) in [4.78, 5) is 19.6. The van der Waals surface area contributed by atoms with Crippen LogP contribution in [0.3, 0.4) is 0 Å². The maximum atomic E-state index is 12.9. The van der Waals surface area contributed by atoms with Crippen molar-refractivity contribution in [2.75, 3.05) is 31.2 Å². The lowest BCUT2D eigenvalue weighted by Crippen LogP contribution is -2.36. The molecule has 1 saturated heterocycles. The van der Waals surface area contributed by atoms with E-state index in [1.165, 1.54) is 5.56 Å². The molecule has 0 aliphatic carbocycles. The molecule has 1 aliphatic heterocycles. The topological polar surface area (TPSA) is 54.5 Å². The Labute approximate surface area is 171 Å². The molecule has 1 unspecified atom stereocenters. The largest absolute Gasteiger partial charge is 0.378 e. The van der Waals surface area contributed by atoms with Crippen LogP contribution in [0.15, 0.2) is 79.0 Å². The number of pyridine rings is 1. The van der Waals surface area contributed by atoms with Crippen molar-refractivity contribution in [1.29, 1.82) is 0 Å².